The molecule has 0 bridgehead atoms. The van der Waals surface area contributed by atoms with Crippen molar-refractivity contribution in [2.75, 3.05) is 0 Å². The molecule has 1 aromatic rings. The Kier molecular flexibility index (Phi) is 3.71. The SMILES string of the molecule is CCC(C)(C#N)Cc1cc(Cl)ccc1F. The van der Waals surface area contributed by atoms with Crippen LogP contribution in [-0.2, 0) is 6.42 Å². The molecule has 3 heteroatoms. The van der Waals surface area contributed by atoms with Crippen LogP contribution in [0.5, 0.6) is 0 Å². The van der Waals surface area contributed by atoms with Crippen molar-refractivity contribution in [3.8, 4) is 6.07 Å². The van der Waals surface area contributed by atoms with E-state index in [9.17, 15) is 4.39 Å². The van der Waals surface area contributed by atoms with E-state index in [1.54, 1.807) is 6.07 Å². The lowest BCUT2D eigenvalue weighted by Crippen LogP contribution is -2.16. The molecule has 0 aliphatic heterocycles. The minimum atomic E-state index is -0.522. The molecule has 0 amide bonds. The molecule has 0 aliphatic carbocycles. The minimum absolute atomic E-state index is 0.297. The topological polar surface area (TPSA) is 23.8 Å². The summed E-state index contributed by atoms with van der Waals surface area (Å²) < 4.78 is 13.4. The van der Waals surface area contributed by atoms with Gasteiger partial charge in [-0.1, -0.05) is 18.5 Å². The van der Waals surface area contributed by atoms with Crippen LogP contribution >= 0.6 is 11.6 Å². The first-order chi connectivity index (χ1) is 7.00. The average molecular weight is 226 g/mol. The predicted octanol–water partition coefficient (Wildman–Crippen LogP) is 3.96. The molecule has 0 heterocycles. The molecule has 0 fully saturated rings. The van der Waals surface area contributed by atoms with Gasteiger partial charge < -0.3 is 0 Å². The summed E-state index contributed by atoms with van der Waals surface area (Å²) in [6.45, 7) is 3.75. The molecule has 80 valence electrons. The first kappa shape index (κ1) is 12.0. The minimum Gasteiger partial charge on any atom is -0.207 e. The van der Waals surface area contributed by atoms with Crippen molar-refractivity contribution in [3.63, 3.8) is 0 Å². The van der Waals surface area contributed by atoms with Crippen LogP contribution in [0.25, 0.3) is 0 Å². The average Bonchev–Trinajstić information content (AvgIpc) is 2.23. The van der Waals surface area contributed by atoms with Gasteiger partial charge in [0.1, 0.15) is 5.82 Å². The Balaban J connectivity index is 2.99. The number of nitriles is 1. The molecule has 1 aromatic carbocycles. The van der Waals surface area contributed by atoms with Crippen molar-refractivity contribution < 1.29 is 4.39 Å². The Morgan fingerprint density at radius 2 is 2.20 bits per heavy atom. The molecule has 1 unspecified atom stereocenters. The Morgan fingerprint density at radius 3 is 2.73 bits per heavy atom. The van der Waals surface area contributed by atoms with E-state index < -0.39 is 5.41 Å². The molecule has 1 rings (SSSR count). The van der Waals surface area contributed by atoms with Crippen molar-refractivity contribution in [2.45, 2.75) is 26.7 Å². The quantitative estimate of drug-likeness (QED) is 0.764. The maximum absolute atomic E-state index is 13.4. The Labute approximate surface area is 94.5 Å². The molecule has 0 aliphatic rings. The van der Waals surface area contributed by atoms with E-state index >= 15 is 0 Å². The van der Waals surface area contributed by atoms with Crippen LogP contribution in [0, 0.1) is 22.6 Å². The van der Waals surface area contributed by atoms with Crippen LogP contribution in [0.15, 0.2) is 18.2 Å². The van der Waals surface area contributed by atoms with Gasteiger partial charge in [-0.2, -0.15) is 5.26 Å². The lowest BCUT2D eigenvalue weighted by molar-refractivity contribution is 0.413. The highest BCUT2D eigenvalue weighted by Gasteiger charge is 2.23. The predicted molar refractivity (Wildman–Crippen MR) is 59.1 cm³/mol. The molecular formula is C12H13ClFN. The number of nitrogens with zero attached hydrogens (tertiary/aromatic N) is 1. The zero-order valence-corrected chi connectivity index (χ0v) is 9.61. The maximum atomic E-state index is 13.4. The van der Waals surface area contributed by atoms with Gasteiger partial charge in [-0.05, 0) is 43.5 Å². The fraction of sp³-hybridized carbons (Fsp3) is 0.417. The van der Waals surface area contributed by atoms with Gasteiger partial charge in [-0.3, -0.25) is 0 Å². The van der Waals surface area contributed by atoms with Crippen molar-refractivity contribution in [3.05, 3.63) is 34.6 Å². The third kappa shape index (κ3) is 2.94. The number of hydrogen-bond acceptors (Lipinski definition) is 1. The van der Waals surface area contributed by atoms with E-state index in [4.69, 9.17) is 16.9 Å². The fourth-order valence-corrected chi connectivity index (χ4v) is 1.54. The lowest BCUT2D eigenvalue weighted by atomic mass is 9.83. The van der Waals surface area contributed by atoms with Gasteiger partial charge in [0, 0.05) is 5.02 Å². The Bertz CT molecular complexity index is 397. The van der Waals surface area contributed by atoms with E-state index in [0.717, 1.165) is 0 Å². The lowest BCUT2D eigenvalue weighted by Gasteiger charge is -2.19. The molecular weight excluding hydrogens is 213 g/mol. The second-order valence-electron chi connectivity index (χ2n) is 3.94. The second kappa shape index (κ2) is 4.63. The van der Waals surface area contributed by atoms with Crippen LogP contribution < -0.4 is 0 Å². The molecule has 0 spiro atoms. The van der Waals surface area contributed by atoms with E-state index in [-0.39, 0.29) is 5.82 Å². The summed E-state index contributed by atoms with van der Waals surface area (Å²) in [5.41, 5.74) is -0.0145. The highest BCUT2D eigenvalue weighted by Crippen LogP contribution is 2.28. The van der Waals surface area contributed by atoms with Gasteiger partial charge in [0.25, 0.3) is 0 Å². The highest BCUT2D eigenvalue weighted by molar-refractivity contribution is 6.30. The first-order valence-corrected chi connectivity index (χ1v) is 5.24. The number of halogens is 2. The van der Waals surface area contributed by atoms with E-state index in [2.05, 4.69) is 6.07 Å². The van der Waals surface area contributed by atoms with Gasteiger partial charge in [0.05, 0.1) is 11.5 Å². The van der Waals surface area contributed by atoms with Gasteiger partial charge in [-0.15, -0.1) is 0 Å². The third-order valence-corrected chi connectivity index (χ3v) is 2.87. The normalized spacial score (nSPS) is 14.3. The van der Waals surface area contributed by atoms with E-state index in [0.29, 0.717) is 23.4 Å². The van der Waals surface area contributed by atoms with Crippen molar-refractivity contribution >= 4 is 11.6 Å². The summed E-state index contributed by atoms with van der Waals surface area (Å²) in [6.07, 6.45) is 1.09. The smallest absolute Gasteiger partial charge is 0.126 e. The summed E-state index contributed by atoms with van der Waals surface area (Å²) in [5, 5.41) is 9.50. The van der Waals surface area contributed by atoms with Gasteiger partial charge in [0.15, 0.2) is 0 Å². The summed E-state index contributed by atoms with van der Waals surface area (Å²) in [4.78, 5) is 0. The molecule has 0 aromatic heterocycles. The zero-order chi connectivity index (χ0) is 11.5. The monoisotopic (exact) mass is 225 g/mol. The van der Waals surface area contributed by atoms with E-state index in [1.807, 2.05) is 13.8 Å². The van der Waals surface area contributed by atoms with Crippen molar-refractivity contribution in [2.24, 2.45) is 5.41 Å². The van der Waals surface area contributed by atoms with Crippen molar-refractivity contribution in [1.82, 2.24) is 0 Å². The summed E-state index contributed by atoms with van der Waals surface area (Å²) in [6, 6.07) is 6.65. The van der Waals surface area contributed by atoms with Crippen LogP contribution in [-0.4, -0.2) is 0 Å². The molecule has 0 radical (unpaired) electrons. The zero-order valence-electron chi connectivity index (χ0n) is 8.85. The van der Waals surface area contributed by atoms with E-state index in [1.165, 1.54) is 12.1 Å². The van der Waals surface area contributed by atoms with Gasteiger partial charge in [-0.25, -0.2) is 4.39 Å². The molecule has 0 saturated heterocycles. The molecule has 1 nitrogen and oxygen atoms in total. The second-order valence-corrected chi connectivity index (χ2v) is 4.37. The van der Waals surface area contributed by atoms with Crippen LogP contribution in [0.4, 0.5) is 4.39 Å². The third-order valence-electron chi connectivity index (χ3n) is 2.64. The van der Waals surface area contributed by atoms with Crippen LogP contribution in [0.2, 0.25) is 5.02 Å². The van der Waals surface area contributed by atoms with Crippen LogP contribution in [0.1, 0.15) is 25.8 Å². The van der Waals surface area contributed by atoms with Crippen LogP contribution in [0.3, 0.4) is 0 Å². The number of rotatable bonds is 3. The summed E-state index contributed by atoms with van der Waals surface area (Å²) in [7, 11) is 0. The fourth-order valence-electron chi connectivity index (χ4n) is 1.34. The summed E-state index contributed by atoms with van der Waals surface area (Å²) in [5.74, 6) is -0.297. The molecule has 0 saturated carbocycles. The maximum Gasteiger partial charge on any atom is 0.126 e. The molecule has 0 N–H and O–H groups in total. The Morgan fingerprint density at radius 1 is 1.53 bits per heavy atom. The largest absolute Gasteiger partial charge is 0.207 e. The van der Waals surface area contributed by atoms with Gasteiger partial charge in [0.2, 0.25) is 0 Å². The number of benzene rings is 1. The van der Waals surface area contributed by atoms with Gasteiger partial charge >= 0.3 is 0 Å². The first-order valence-electron chi connectivity index (χ1n) is 4.86. The van der Waals surface area contributed by atoms with Crippen molar-refractivity contribution in [1.29, 1.82) is 5.26 Å². The Hall–Kier alpha value is -1.07. The molecule has 15 heavy (non-hydrogen) atoms. The standard InChI is InChI=1S/C12H13ClFN/c1-3-12(2,8-15)7-9-6-10(13)4-5-11(9)14/h4-6H,3,7H2,1-2H3. The summed E-state index contributed by atoms with van der Waals surface area (Å²) >= 11 is 5.78. The number of hydrogen-bond donors (Lipinski definition) is 0. The highest BCUT2D eigenvalue weighted by atomic mass is 35.5. The molecule has 1 atom stereocenters.